The van der Waals surface area contributed by atoms with E-state index in [4.69, 9.17) is 5.11 Å². The van der Waals surface area contributed by atoms with Crippen molar-refractivity contribution in [2.45, 2.75) is 13.5 Å². The first kappa shape index (κ1) is 12.8. The third-order valence-corrected chi connectivity index (χ3v) is 2.50. The molecule has 0 atom stereocenters. The van der Waals surface area contributed by atoms with Gasteiger partial charge in [-0.2, -0.15) is 0 Å². The van der Waals surface area contributed by atoms with Gasteiger partial charge in [0.25, 0.3) is 0 Å². The molecule has 0 fully saturated rings. The maximum absolute atomic E-state index is 12.8. The molecule has 0 aromatic heterocycles. The molecule has 1 aromatic rings. The van der Waals surface area contributed by atoms with Gasteiger partial charge >= 0.3 is 0 Å². The van der Waals surface area contributed by atoms with Crippen molar-refractivity contribution in [3.63, 3.8) is 0 Å². The van der Waals surface area contributed by atoms with Gasteiger partial charge in [-0.1, -0.05) is 23.6 Å². The molecule has 0 aliphatic rings. The Morgan fingerprint density at radius 2 is 2.31 bits per heavy atom. The largest absolute Gasteiger partial charge is 0.392 e. The van der Waals surface area contributed by atoms with Gasteiger partial charge in [0.15, 0.2) is 5.12 Å². The lowest BCUT2D eigenvalue weighted by atomic mass is 10.1. The van der Waals surface area contributed by atoms with E-state index >= 15 is 0 Å². The minimum Gasteiger partial charge on any atom is -0.392 e. The standard InChI is InChI=1S/C12H11FO2S/c1-9(15)16-6-2-3-10-4-5-12(13)7-11(10)8-14/h4-5,7,14H,6,8H2,1H3. The SMILES string of the molecule is CC(=O)SCC#Cc1ccc(F)cc1CO. The molecule has 0 amide bonds. The molecule has 0 radical (unpaired) electrons. The highest BCUT2D eigenvalue weighted by atomic mass is 32.2. The summed E-state index contributed by atoms with van der Waals surface area (Å²) in [7, 11) is 0. The van der Waals surface area contributed by atoms with Crippen molar-refractivity contribution < 1.29 is 14.3 Å². The number of hydrogen-bond donors (Lipinski definition) is 1. The van der Waals surface area contributed by atoms with E-state index < -0.39 is 5.82 Å². The van der Waals surface area contributed by atoms with Crippen LogP contribution in [0.15, 0.2) is 18.2 Å². The van der Waals surface area contributed by atoms with E-state index in [1.54, 1.807) is 0 Å². The number of benzene rings is 1. The predicted octanol–water partition coefficient (Wildman–Crippen LogP) is 1.95. The Morgan fingerprint density at radius 3 is 2.94 bits per heavy atom. The zero-order valence-corrected chi connectivity index (χ0v) is 9.60. The van der Waals surface area contributed by atoms with Crippen molar-refractivity contribution >= 4 is 16.9 Å². The third kappa shape index (κ3) is 4.05. The van der Waals surface area contributed by atoms with Crippen LogP contribution in [0.1, 0.15) is 18.1 Å². The molecule has 0 heterocycles. The summed E-state index contributed by atoms with van der Waals surface area (Å²) in [5.74, 6) is 5.59. The van der Waals surface area contributed by atoms with E-state index in [-0.39, 0.29) is 11.7 Å². The topological polar surface area (TPSA) is 37.3 Å². The lowest BCUT2D eigenvalue weighted by Crippen LogP contribution is -1.91. The van der Waals surface area contributed by atoms with Crippen LogP contribution in [0, 0.1) is 17.7 Å². The Morgan fingerprint density at radius 1 is 1.56 bits per heavy atom. The van der Waals surface area contributed by atoms with Crippen molar-refractivity contribution in [3.05, 3.63) is 35.1 Å². The average molecular weight is 238 g/mol. The van der Waals surface area contributed by atoms with Crippen molar-refractivity contribution in [1.82, 2.24) is 0 Å². The lowest BCUT2D eigenvalue weighted by Gasteiger charge is -1.99. The van der Waals surface area contributed by atoms with Gasteiger partial charge in [-0.05, 0) is 23.8 Å². The van der Waals surface area contributed by atoms with Crippen LogP contribution in [0.5, 0.6) is 0 Å². The van der Waals surface area contributed by atoms with Crippen LogP contribution in [0.25, 0.3) is 0 Å². The van der Waals surface area contributed by atoms with Crippen molar-refractivity contribution in [3.8, 4) is 11.8 Å². The summed E-state index contributed by atoms with van der Waals surface area (Å²) >= 11 is 1.12. The highest BCUT2D eigenvalue weighted by molar-refractivity contribution is 8.13. The van der Waals surface area contributed by atoms with E-state index in [0.717, 1.165) is 11.8 Å². The summed E-state index contributed by atoms with van der Waals surface area (Å²) in [5, 5.41) is 9.00. The van der Waals surface area contributed by atoms with Crippen molar-refractivity contribution in [2.24, 2.45) is 0 Å². The predicted molar refractivity (Wildman–Crippen MR) is 62.3 cm³/mol. The zero-order chi connectivity index (χ0) is 12.0. The van der Waals surface area contributed by atoms with Crippen LogP contribution in [0.4, 0.5) is 4.39 Å². The van der Waals surface area contributed by atoms with Gasteiger partial charge in [0.1, 0.15) is 5.82 Å². The molecule has 0 bridgehead atoms. The Bertz CT molecular complexity index is 446. The molecule has 16 heavy (non-hydrogen) atoms. The van der Waals surface area contributed by atoms with Crippen molar-refractivity contribution in [1.29, 1.82) is 0 Å². The quantitative estimate of drug-likeness (QED) is 0.800. The first-order chi connectivity index (χ1) is 7.63. The maximum Gasteiger partial charge on any atom is 0.186 e. The van der Waals surface area contributed by atoms with Crippen LogP contribution in [0.2, 0.25) is 0 Å². The molecule has 1 rings (SSSR count). The van der Waals surface area contributed by atoms with Crippen LogP contribution >= 0.6 is 11.8 Å². The van der Waals surface area contributed by atoms with Crippen LogP contribution in [0.3, 0.4) is 0 Å². The van der Waals surface area contributed by atoms with Crippen LogP contribution in [-0.2, 0) is 11.4 Å². The van der Waals surface area contributed by atoms with Gasteiger partial charge in [-0.15, -0.1) is 0 Å². The van der Waals surface area contributed by atoms with Gasteiger partial charge in [0, 0.05) is 12.5 Å². The Balaban J connectivity index is 2.76. The van der Waals surface area contributed by atoms with Crippen molar-refractivity contribution in [2.75, 3.05) is 5.75 Å². The molecule has 1 aromatic carbocycles. The second-order valence-electron chi connectivity index (χ2n) is 3.04. The monoisotopic (exact) mass is 238 g/mol. The minimum atomic E-state index is -0.396. The molecule has 0 saturated heterocycles. The fourth-order valence-electron chi connectivity index (χ4n) is 1.08. The van der Waals surface area contributed by atoms with Gasteiger partial charge in [-0.25, -0.2) is 4.39 Å². The highest BCUT2D eigenvalue weighted by Crippen LogP contribution is 2.10. The number of aliphatic hydroxyl groups excluding tert-OH is 1. The van der Waals surface area contributed by atoms with Gasteiger partial charge < -0.3 is 5.11 Å². The number of carbonyl (C=O) groups is 1. The highest BCUT2D eigenvalue weighted by Gasteiger charge is 2.00. The van der Waals surface area contributed by atoms with Gasteiger partial charge in [-0.3, -0.25) is 4.79 Å². The number of carbonyl (C=O) groups excluding carboxylic acids is 1. The summed E-state index contributed by atoms with van der Waals surface area (Å²) in [5.41, 5.74) is 1.05. The number of thioether (sulfide) groups is 1. The smallest absolute Gasteiger partial charge is 0.186 e. The Kier molecular flexibility index (Phi) is 5.03. The molecule has 1 N–H and O–H groups in total. The third-order valence-electron chi connectivity index (χ3n) is 1.81. The fraction of sp³-hybridized carbons (Fsp3) is 0.250. The number of aliphatic hydroxyl groups is 1. The molecule has 0 aliphatic heterocycles. The minimum absolute atomic E-state index is 0.00999. The van der Waals surface area contributed by atoms with Gasteiger partial charge in [0.2, 0.25) is 0 Å². The fourth-order valence-corrected chi connectivity index (χ4v) is 1.43. The lowest BCUT2D eigenvalue weighted by molar-refractivity contribution is -0.109. The summed E-state index contributed by atoms with van der Waals surface area (Å²) in [6, 6.07) is 4.07. The number of hydrogen-bond acceptors (Lipinski definition) is 3. The molecule has 0 saturated carbocycles. The Labute approximate surface area is 97.9 Å². The second kappa shape index (κ2) is 6.31. The Hall–Kier alpha value is -1.31. The van der Waals surface area contributed by atoms with E-state index in [1.165, 1.54) is 25.1 Å². The first-order valence-electron chi connectivity index (χ1n) is 4.65. The molecule has 4 heteroatoms. The van der Waals surface area contributed by atoms with Crippen LogP contribution in [-0.4, -0.2) is 16.0 Å². The second-order valence-corrected chi connectivity index (χ2v) is 4.19. The number of rotatable bonds is 2. The van der Waals surface area contributed by atoms with E-state index in [1.807, 2.05) is 0 Å². The summed E-state index contributed by atoms with van der Waals surface area (Å²) in [6.45, 7) is 1.23. The number of halogens is 1. The summed E-state index contributed by atoms with van der Waals surface area (Å²) < 4.78 is 12.8. The molecule has 0 unspecified atom stereocenters. The maximum atomic E-state index is 12.8. The summed E-state index contributed by atoms with van der Waals surface area (Å²) in [6.07, 6.45) is 0. The summed E-state index contributed by atoms with van der Waals surface area (Å²) in [4.78, 5) is 10.6. The average Bonchev–Trinajstić information content (AvgIpc) is 2.25. The zero-order valence-electron chi connectivity index (χ0n) is 8.79. The first-order valence-corrected chi connectivity index (χ1v) is 5.63. The van der Waals surface area contributed by atoms with E-state index in [2.05, 4.69) is 11.8 Å². The molecular formula is C12H11FO2S. The van der Waals surface area contributed by atoms with E-state index in [9.17, 15) is 9.18 Å². The van der Waals surface area contributed by atoms with E-state index in [0.29, 0.717) is 16.9 Å². The molecule has 84 valence electrons. The molecule has 2 nitrogen and oxygen atoms in total. The molecular weight excluding hydrogens is 227 g/mol. The molecule has 0 aliphatic carbocycles. The molecule has 0 spiro atoms. The van der Waals surface area contributed by atoms with Gasteiger partial charge in [0.05, 0.1) is 12.4 Å². The normalized spacial score (nSPS) is 9.44. The van der Waals surface area contributed by atoms with Crippen LogP contribution < -0.4 is 0 Å².